The van der Waals surface area contributed by atoms with Gasteiger partial charge in [-0.25, -0.2) is 8.42 Å². The summed E-state index contributed by atoms with van der Waals surface area (Å²) in [4.78, 5) is 2.23. The first-order chi connectivity index (χ1) is 6.49. The Morgan fingerprint density at radius 3 is 2.21 bits per heavy atom. The fraction of sp³-hybridized carbons (Fsp3) is 1.00. The van der Waals surface area contributed by atoms with E-state index in [-0.39, 0.29) is 5.75 Å². The highest BCUT2D eigenvalue weighted by atomic mass is 32.2. The highest BCUT2D eigenvalue weighted by Gasteiger charge is 2.05. The van der Waals surface area contributed by atoms with Gasteiger partial charge in [-0.15, -0.1) is 0 Å². The highest BCUT2D eigenvalue weighted by molar-refractivity contribution is 7.90. The van der Waals surface area contributed by atoms with Gasteiger partial charge in [-0.1, -0.05) is 6.92 Å². The molecule has 0 bridgehead atoms. The van der Waals surface area contributed by atoms with E-state index in [1.165, 1.54) is 6.26 Å². The molecule has 0 spiro atoms. The van der Waals surface area contributed by atoms with E-state index in [1.807, 2.05) is 0 Å². The summed E-state index contributed by atoms with van der Waals surface area (Å²) in [5.41, 5.74) is 5.41. The molecule has 0 atom stereocenters. The number of nitrogens with two attached hydrogens (primary N) is 1. The lowest BCUT2D eigenvalue weighted by Gasteiger charge is -2.19. The fourth-order valence-electron chi connectivity index (χ4n) is 1.29. The molecule has 0 fully saturated rings. The van der Waals surface area contributed by atoms with Gasteiger partial charge in [0, 0.05) is 6.26 Å². The monoisotopic (exact) mass is 222 g/mol. The minimum Gasteiger partial charge on any atom is -0.330 e. The van der Waals surface area contributed by atoms with E-state index in [2.05, 4.69) is 11.8 Å². The van der Waals surface area contributed by atoms with Crippen molar-refractivity contribution in [3.8, 4) is 0 Å². The third kappa shape index (κ3) is 8.47. The highest BCUT2D eigenvalue weighted by Crippen LogP contribution is 1.95. The van der Waals surface area contributed by atoms with Gasteiger partial charge < -0.3 is 10.6 Å². The number of sulfone groups is 1. The normalized spacial score (nSPS) is 12.3. The number of nitrogens with zero attached hydrogens (tertiary/aromatic N) is 1. The van der Waals surface area contributed by atoms with Gasteiger partial charge in [-0.2, -0.15) is 0 Å². The molecule has 0 saturated carbocycles. The molecule has 5 heteroatoms. The Morgan fingerprint density at radius 2 is 1.79 bits per heavy atom. The van der Waals surface area contributed by atoms with Crippen LogP contribution in [0.25, 0.3) is 0 Å². The van der Waals surface area contributed by atoms with Crippen molar-refractivity contribution in [1.29, 1.82) is 0 Å². The molecule has 0 amide bonds. The molecule has 0 aliphatic carbocycles. The minimum absolute atomic E-state index is 0.284. The van der Waals surface area contributed by atoms with E-state index in [0.717, 1.165) is 32.5 Å². The third-order valence-corrected chi connectivity index (χ3v) is 3.15. The van der Waals surface area contributed by atoms with E-state index in [1.54, 1.807) is 0 Å². The maximum absolute atomic E-state index is 10.9. The van der Waals surface area contributed by atoms with Gasteiger partial charge in [0.05, 0.1) is 5.75 Å². The Kier molecular flexibility index (Phi) is 7.13. The first kappa shape index (κ1) is 13.9. The van der Waals surface area contributed by atoms with Crippen molar-refractivity contribution >= 4 is 9.84 Å². The van der Waals surface area contributed by atoms with Gasteiger partial charge in [-0.3, -0.25) is 0 Å². The summed E-state index contributed by atoms with van der Waals surface area (Å²) in [6.07, 6.45) is 2.98. The number of hydrogen-bond donors (Lipinski definition) is 1. The van der Waals surface area contributed by atoms with Crippen LogP contribution in [-0.2, 0) is 9.84 Å². The summed E-state index contributed by atoms with van der Waals surface area (Å²) >= 11 is 0. The van der Waals surface area contributed by atoms with Crippen LogP contribution in [0.2, 0.25) is 0 Å². The van der Waals surface area contributed by atoms with Crippen LogP contribution in [0, 0.1) is 0 Å². The second-order valence-corrected chi connectivity index (χ2v) is 5.82. The van der Waals surface area contributed by atoms with E-state index < -0.39 is 9.84 Å². The largest absolute Gasteiger partial charge is 0.330 e. The van der Waals surface area contributed by atoms with Gasteiger partial charge in [0.25, 0.3) is 0 Å². The van der Waals surface area contributed by atoms with Crippen LogP contribution in [0.5, 0.6) is 0 Å². The van der Waals surface area contributed by atoms with Gasteiger partial charge in [0.2, 0.25) is 0 Å². The summed E-state index contributed by atoms with van der Waals surface area (Å²) in [6, 6.07) is 0. The molecule has 14 heavy (non-hydrogen) atoms. The second-order valence-electron chi connectivity index (χ2n) is 3.56. The zero-order valence-electron chi connectivity index (χ0n) is 9.20. The zero-order valence-corrected chi connectivity index (χ0v) is 10.0. The van der Waals surface area contributed by atoms with Gasteiger partial charge in [-0.05, 0) is 39.0 Å². The molecule has 0 aliphatic rings. The Labute approximate surface area is 87.4 Å². The summed E-state index contributed by atoms with van der Waals surface area (Å²) in [7, 11) is -2.80. The number of rotatable bonds is 8. The Balaban J connectivity index is 3.62. The van der Waals surface area contributed by atoms with E-state index in [0.29, 0.717) is 6.54 Å². The Hall–Kier alpha value is -0.130. The smallest absolute Gasteiger partial charge is 0.147 e. The van der Waals surface area contributed by atoms with Gasteiger partial charge in [0.15, 0.2) is 0 Å². The lowest BCUT2D eigenvalue weighted by atomic mass is 10.3. The zero-order chi connectivity index (χ0) is 11.0. The Morgan fingerprint density at radius 1 is 1.21 bits per heavy atom. The fourth-order valence-corrected chi connectivity index (χ4v) is 1.95. The van der Waals surface area contributed by atoms with Crippen molar-refractivity contribution in [3.63, 3.8) is 0 Å². The van der Waals surface area contributed by atoms with E-state index >= 15 is 0 Å². The molecule has 0 aromatic carbocycles. The lowest BCUT2D eigenvalue weighted by Crippen LogP contribution is -2.28. The molecular formula is C9H22N2O2S. The lowest BCUT2D eigenvalue weighted by molar-refractivity contribution is 0.287. The molecule has 0 heterocycles. The maximum atomic E-state index is 10.9. The van der Waals surface area contributed by atoms with Crippen molar-refractivity contribution in [1.82, 2.24) is 4.90 Å². The standard InChI is InChI=1S/C9H22N2O2S/c1-3-11(7-4-6-10)8-5-9-14(2,12)13/h3-10H2,1-2H3. The molecule has 86 valence electrons. The van der Waals surface area contributed by atoms with Crippen LogP contribution < -0.4 is 5.73 Å². The van der Waals surface area contributed by atoms with E-state index in [9.17, 15) is 8.42 Å². The molecule has 4 nitrogen and oxygen atoms in total. The van der Waals surface area contributed by atoms with Crippen molar-refractivity contribution in [2.75, 3.05) is 38.2 Å². The van der Waals surface area contributed by atoms with Gasteiger partial charge in [0.1, 0.15) is 9.84 Å². The number of hydrogen-bond acceptors (Lipinski definition) is 4. The molecule has 0 radical (unpaired) electrons. The summed E-state index contributed by atoms with van der Waals surface area (Å²) in [6.45, 7) is 5.56. The summed E-state index contributed by atoms with van der Waals surface area (Å²) in [5.74, 6) is 0.284. The average Bonchev–Trinajstić information content (AvgIpc) is 2.09. The topological polar surface area (TPSA) is 63.4 Å². The van der Waals surface area contributed by atoms with E-state index in [4.69, 9.17) is 5.73 Å². The van der Waals surface area contributed by atoms with Crippen molar-refractivity contribution in [2.45, 2.75) is 19.8 Å². The van der Waals surface area contributed by atoms with Gasteiger partial charge >= 0.3 is 0 Å². The second kappa shape index (κ2) is 7.20. The van der Waals surface area contributed by atoms with Crippen LogP contribution in [0.4, 0.5) is 0 Å². The van der Waals surface area contributed by atoms with Crippen LogP contribution in [0.15, 0.2) is 0 Å². The first-order valence-corrected chi connectivity index (χ1v) is 7.15. The molecule has 2 N–H and O–H groups in total. The molecule has 0 aliphatic heterocycles. The van der Waals surface area contributed by atoms with Crippen LogP contribution in [0.3, 0.4) is 0 Å². The predicted octanol–water partition coefficient (Wildman–Crippen LogP) is 0.0918. The van der Waals surface area contributed by atoms with Crippen LogP contribution in [-0.4, -0.2) is 51.5 Å². The molecule has 0 unspecified atom stereocenters. The third-order valence-electron chi connectivity index (χ3n) is 2.12. The molecule has 0 aromatic rings. The predicted molar refractivity (Wildman–Crippen MR) is 60.1 cm³/mol. The molecular weight excluding hydrogens is 200 g/mol. The summed E-state index contributed by atoms with van der Waals surface area (Å²) < 4.78 is 21.8. The maximum Gasteiger partial charge on any atom is 0.147 e. The van der Waals surface area contributed by atoms with Crippen molar-refractivity contribution in [2.24, 2.45) is 5.73 Å². The SMILES string of the molecule is CCN(CCCN)CCCS(C)(=O)=O. The molecule has 0 aromatic heterocycles. The first-order valence-electron chi connectivity index (χ1n) is 5.09. The average molecular weight is 222 g/mol. The van der Waals surface area contributed by atoms with Crippen molar-refractivity contribution in [3.05, 3.63) is 0 Å². The molecule has 0 rings (SSSR count). The van der Waals surface area contributed by atoms with Crippen LogP contribution >= 0.6 is 0 Å². The van der Waals surface area contributed by atoms with Crippen molar-refractivity contribution < 1.29 is 8.42 Å². The van der Waals surface area contributed by atoms with Crippen LogP contribution in [0.1, 0.15) is 19.8 Å². The summed E-state index contributed by atoms with van der Waals surface area (Å²) in [5, 5.41) is 0. The minimum atomic E-state index is -2.80. The Bertz CT molecular complexity index is 227. The quantitative estimate of drug-likeness (QED) is 0.632. The molecule has 0 saturated heterocycles.